The minimum Gasteiger partial charge on any atom is -0.477 e. The van der Waals surface area contributed by atoms with Gasteiger partial charge in [0.15, 0.2) is 9.92 Å². The van der Waals surface area contributed by atoms with Gasteiger partial charge in [-0.15, -0.1) is 0 Å². The molecule has 3 N–H and O–H groups in total. The smallest absolute Gasteiger partial charge is 0.331 e. The number of halogens is 2. The molecule has 2 aromatic rings. The summed E-state index contributed by atoms with van der Waals surface area (Å²) in [6.45, 7) is 1.01. The standard InChI is InChI=1S/C20H23F2N5O3S/c21-18(22)14-6-5-13-15(14)9-11-3-1-4-12(11)17(13)25-20(28)26-31(23,29)16-10-24-27-7-2-8-30-19(16)27/h9-10,14,18H,1-8H2,(H3,23,25,26,28,29). The maximum atomic E-state index is 13.5. The largest absolute Gasteiger partial charge is 0.477 e. The predicted molar refractivity (Wildman–Crippen MR) is 109 cm³/mol. The van der Waals surface area contributed by atoms with Gasteiger partial charge >= 0.3 is 6.03 Å². The number of urea groups is 1. The summed E-state index contributed by atoms with van der Waals surface area (Å²) >= 11 is 0. The summed E-state index contributed by atoms with van der Waals surface area (Å²) in [6.07, 6.45) is 2.79. The quantitative estimate of drug-likeness (QED) is 0.660. The predicted octanol–water partition coefficient (Wildman–Crippen LogP) is 3.59. The molecule has 2 unspecified atom stereocenters. The lowest BCUT2D eigenvalue weighted by molar-refractivity contribution is 0.114. The molecule has 0 radical (unpaired) electrons. The van der Waals surface area contributed by atoms with Gasteiger partial charge in [0.05, 0.1) is 12.8 Å². The van der Waals surface area contributed by atoms with E-state index >= 15 is 0 Å². The fraction of sp³-hybridized carbons (Fsp3) is 0.500. The van der Waals surface area contributed by atoms with Crippen molar-refractivity contribution in [2.24, 2.45) is 0 Å². The second-order valence-electron chi connectivity index (χ2n) is 8.14. The maximum absolute atomic E-state index is 13.5. The van der Waals surface area contributed by atoms with E-state index in [0.29, 0.717) is 37.2 Å². The van der Waals surface area contributed by atoms with Crippen LogP contribution < -0.4 is 14.8 Å². The average molecular weight is 451 g/mol. The van der Waals surface area contributed by atoms with Crippen LogP contribution in [0.1, 0.15) is 47.4 Å². The number of ether oxygens (including phenoxy) is 1. The Morgan fingerprint density at radius 2 is 2.13 bits per heavy atom. The van der Waals surface area contributed by atoms with E-state index in [4.69, 9.17) is 9.52 Å². The summed E-state index contributed by atoms with van der Waals surface area (Å²) in [5.41, 5.74) is 3.79. The van der Waals surface area contributed by atoms with Crippen LogP contribution in [0.25, 0.3) is 0 Å². The third-order valence-electron chi connectivity index (χ3n) is 6.25. The lowest BCUT2D eigenvalue weighted by Crippen LogP contribution is -2.34. The number of hydrogen-bond acceptors (Lipinski definition) is 5. The number of rotatable bonds is 4. The van der Waals surface area contributed by atoms with Crippen molar-refractivity contribution in [3.05, 3.63) is 34.5 Å². The normalized spacial score (nSPS) is 21.1. The van der Waals surface area contributed by atoms with Crippen molar-refractivity contribution in [2.75, 3.05) is 11.9 Å². The molecule has 0 saturated carbocycles. The first-order chi connectivity index (χ1) is 14.8. The lowest BCUT2D eigenvalue weighted by atomic mass is 9.95. The number of anilines is 1. The molecular weight excluding hydrogens is 428 g/mol. The van der Waals surface area contributed by atoms with E-state index in [9.17, 15) is 17.8 Å². The highest BCUT2D eigenvalue weighted by Crippen LogP contribution is 2.45. The van der Waals surface area contributed by atoms with Crippen molar-refractivity contribution < 1.29 is 22.5 Å². The fourth-order valence-corrected chi connectivity index (χ4v) is 5.88. The number of hydrogen-bond donors (Lipinski definition) is 3. The van der Waals surface area contributed by atoms with Crippen LogP contribution in [0.15, 0.2) is 17.2 Å². The van der Waals surface area contributed by atoms with Crippen LogP contribution in [0, 0.1) is 4.78 Å². The van der Waals surface area contributed by atoms with Crippen molar-refractivity contribution in [3.63, 3.8) is 0 Å². The van der Waals surface area contributed by atoms with Gasteiger partial charge < -0.3 is 10.1 Å². The molecule has 2 aliphatic carbocycles. The minimum absolute atomic E-state index is 0.0173. The molecule has 1 aromatic carbocycles. The first-order valence-electron chi connectivity index (χ1n) is 10.4. The number of carbonyl (C=O) groups excluding carboxylic acids is 1. The van der Waals surface area contributed by atoms with Crippen LogP contribution in [0.2, 0.25) is 0 Å². The topological polar surface area (TPSA) is 109 Å². The molecule has 1 aromatic heterocycles. The van der Waals surface area contributed by atoms with Crippen molar-refractivity contribution in [2.45, 2.75) is 62.3 Å². The molecule has 0 bridgehead atoms. The molecule has 3 aliphatic rings. The van der Waals surface area contributed by atoms with Gasteiger partial charge in [0.1, 0.15) is 4.90 Å². The van der Waals surface area contributed by atoms with Gasteiger partial charge in [0.2, 0.25) is 12.3 Å². The number of aromatic nitrogens is 2. The molecular formula is C20H23F2N5O3S. The Hall–Kier alpha value is -2.69. The van der Waals surface area contributed by atoms with E-state index in [2.05, 4.69) is 15.1 Å². The monoisotopic (exact) mass is 451 g/mol. The molecule has 2 atom stereocenters. The Kier molecular flexibility index (Phi) is 4.87. The van der Waals surface area contributed by atoms with Crippen molar-refractivity contribution in [3.8, 4) is 5.88 Å². The average Bonchev–Trinajstić information content (AvgIpc) is 3.44. The summed E-state index contributed by atoms with van der Waals surface area (Å²) in [5, 5.41) is 6.82. The number of nitrogens with zero attached hydrogens (tertiary/aromatic N) is 2. The van der Waals surface area contributed by atoms with Crippen LogP contribution in [0.5, 0.6) is 5.88 Å². The molecule has 2 heterocycles. The summed E-state index contributed by atoms with van der Waals surface area (Å²) < 4.78 is 57.5. The van der Waals surface area contributed by atoms with E-state index < -0.39 is 28.3 Å². The third kappa shape index (κ3) is 3.44. The second kappa shape index (κ2) is 7.47. The highest BCUT2D eigenvalue weighted by Gasteiger charge is 2.35. The highest BCUT2D eigenvalue weighted by molar-refractivity contribution is 7.91. The summed E-state index contributed by atoms with van der Waals surface area (Å²) in [7, 11) is -3.72. The van der Waals surface area contributed by atoms with Gasteiger partial charge in [-0.3, -0.25) is 0 Å². The summed E-state index contributed by atoms with van der Waals surface area (Å²) in [6, 6.07) is 1.06. The molecule has 8 nitrogen and oxygen atoms in total. The van der Waals surface area contributed by atoms with Crippen LogP contribution in [-0.2, 0) is 35.7 Å². The highest BCUT2D eigenvalue weighted by atomic mass is 32.2. The number of fused-ring (bicyclic) bond motifs is 3. The van der Waals surface area contributed by atoms with Crippen LogP contribution in [0.4, 0.5) is 19.3 Å². The molecule has 2 amide bonds. The maximum Gasteiger partial charge on any atom is 0.331 e. The second-order valence-corrected chi connectivity index (χ2v) is 9.90. The van der Waals surface area contributed by atoms with Crippen LogP contribution in [0.3, 0.4) is 0 Å². The first-order valence-corrected chi connectivity index (χ1v) is 11.9. The zero-order chi connectivity index (χ0) is 21.8. The Bertz CT molecular complexity index is 1160. The van der Waals surface area contributed by atoms with E-state index in [0.717, 1.165) is 42.4 Å². The number of amides is 2. The molecule has 166 valence electrons. The van der Waals surface area contributed by atoms with Gasteiger partial charge in [0, 0.05) is 24.6 Å². The zero-order valence-corrected chi connectivity index (χ0v) is 17.6. The van der Waals surface area contributed by atoms with Gasteiger partial charge in [-0.2, -0.15) is 5.10 Å². The molecule has 0 saturated heterocycles. The van der Waals surface area contributed by atoms with Gasteiger partial charge in [0.25, 0.3) is 0 Å². The van der Waals surface area contributed by atoms with Crippen molar-refractivity contribution in [1.29, 1.82) is 4.78 Å². The van der Waals surface area contributed by atoms with Crippen molar-refractivity contribution in [1.82, 2.24) is 14.5 Å². The molecule has 5 rings (SSSR count). The number of nitrogens with one attached hydrogen (secondary N) is 3. The number of carbonyl (C=O) groups is 1. The number of aryl methyl sites for hydroxylation is 2. The van der Waals surface area contributed by atoms with Crippen molar-refractivity contribution >= 4 is 21.6 Å². The molecule has 1 aliphatic heterocycles. The zero-order valence-electron chi connectivity index (χ0n) is 16.7. The Morgan fingerprint density at radius 3 is 2.94 bits per heavy atom. The minimum atomic E-state index is -3.72. The first kappa shape index (κ1) is 20.2. The molecule has 0 fully saturated rings. The Balaban J connectivity index is 1.43. The molecule has 0 spiro atoms. The van der Waals surface area contributed by atoms with E-state index in [-0.39, 0.29) is 10.8 Å². The lowest BCUT2D eigenvalue weighted by Gasteiger charge is -2.19. The van der Waals surface area contributed by atoms with E-state index in [1.165, 1.54) is 10.9 Å². The van der Waals surface area contributed by atoms with Gasteiger partial charge in [-0.05, 0) is 54.4 Å². The summed E-state index contributed by atoms with van der Waals surface area (Å²) in [4.78, 5) is 12.8. The van der Waals surface area contributed by atoms with E-state index in [1.54, 1.807) is 0 Å². The van der Waals surface area contributed by atoms with Crippen LogP contribution in [-0.4, -0.2) is 33.1 Å². The number of alkyl halides is 2. The van der Waals surface area contributed by atoms with Gasteiger partial charge in [-0.25, -0.2) is 32.0 Å². The Morgan fingerprint density at radius 1 is 1.29 bits per heavy atom. The molecule has 11 heteroatoms. The van der Waals surface area contributed by atoms with Gasteiger partial charge in [-0.1, -0.05) is 6.07 Å². The third-order valence-corrected chi connectivity index (χ3v) is 7.62. The fourth-order valence-electron chi connectivity index (χ4n) is 4.85. The van der Waals surface area contributed by atoms with E-state index in [1.807, 2.05) is 6.07 Å². The van der Waals surface area contributed by atoms with Crippen LogP contribution >= 0.6 is 0 Å². The molecule has 31 heavy (non-hydrogen) atoms. The number of benzene rings is 1. The summed E-state index contributed by atoms with van der Waals surface area (Å²) in [5.74, 6) is -0.603. The Labute approximate surface area is 178 Å². The SMILES string of the molecule is N=S(=O)(NC(=O)Nc1c2c(cc3c1CCC3C(F)F)CCC2)c1cnn2c1OCCC2.